The highest BCUT2D eigenvalue weighted by molar-refractivity contribution is 6.35. The Kier molecular flexibility index (Phi) is 7.31. The molecule has 0 spiro atoms. The third-order valence-corrected chi connectivity index (χ3v) is 7.06. The van der Waals surface area contributed by atoms with Crippen LogP contribution in [0.4, 0.5) is 5.69 Å². The van der Waals surface area contributed by atoms with Gasteiger partial charge in [-0.25, -0.2) is 4.79 Å². The van der Waals surface area contributed by atoms with E-state index in [0.29, 0.717) is 41.3 Å². The highest BCUT2D eigenvalue weighted by atomic mass is 16.4. The Morgan fingerprint density at radius 3 is 2.35 bits per heavy atom. The molecule has 8 heteroatoms. The van der Waals surface area contributed by atoms with Gasteiger partial charge in [0.1, 0.15) is 0 Å². The van der Waals surface area contributed by atoms with Gasteiger partial charge < -0.3 is 20.7 Å². The molecule has 0 aliphatic carbocycles. The van der Waals surface area contributed by atoms with Crippen LogP contribution in [-0.2, 0) is 9.59 Å². The number of carboxylic acids is 1. The Morgan fingerprint density at radius 2 is 1.76 bits per heavy atom. The summed E-state index contributed by atoms with van der Waals surface area (Å²) in [7, 11) is 0. The van der Waals surface area contributed by atoms with E-state index < -0.39 is 18.0 Å². The minimum atomic E-state index is -1.06. The molecule has 4 N–H and O–H groups in total. The van der Waals surface area contributed by atoms with Crippen molar-refractivity contribution in [3.05, 3.63) is 76.6 Å². The average Bonchev–Trinajstić information content (AvgIpc) is 3.31. The highest BCUT2D eigenvalue weighted by Crippen LogP contribution is 2.38. The van der Waals surface area contributed by atoms with Crippen molar-refractivity contribution in [1.29, 1.82) is 0 Å². The topological polar surface area (TPSA) is 118 Å². The van der Waals surface area contributed by atoms with E-state index in [-0.39, 0.29) is 17.9 Å². The van der Waals surface area contributed by atoms with Gasteiger partial charge in [0.05, 0.1) is 23.7 Å². The second kappa shape index (κ2) is 10.4. The molecule has 0 bridgehead atoms. The van der Waals surface area contributed by atoms with Crippen molar-refractivity contribution < 1.29 is 19.5 Å². The molecule has 37 heavy (non-hydrogen) atoms. The molecule has 1 aliphatic heterocycles. The lowest BCUT2D eigenvalue weighted by molar-refractivity contribution is -0.120. The summed E-state index contributed by atoms with van der Waals surface area (Å²) < 4.78 is 1.84. The summed E-state index contributed by atoms with van der Waals surface area (Å²) in [4.78, 5) is 39.5. The largest absolute Gasteiger partial charge is 0.478 e. The van der Waals surface area contributed by atoms with Crippen LogP contribution in [0.25, 0.3) is 22.8 Å². The maximum absolute atomic E-state index is 13.1. The molecule has 4 rings (SSSR count). The average molecular weight is 501 g/mol. The van der Waals surface area contributed by atoms with Crippen molar-refractivity contribution in [2.45, 2.75) is 40.3 Å². The Balaban J connectivity index is 1.90. The van der Waals surface area contributed by atoms with Crippen LogP contribution in [0.15, 0.2) is 48.5 Å². The van der Waals surface area contributed by atoms with Gasteiger partial charge in [-0.05, 0) is 55.8 Å². The summed E-state index contributed by atoms with van der Waals surface area (Å²) >= 11 is 0. The molecule has 0 saturated heterocycles. The number of aromatic carboxylic acids is 1. The second-order valence-corrected chi connectivity index (χ2v) is 9.16. The third-order valence-electron chi connectivity index (χ3n) is 7.06. The fraction of sp³-hybridized carbons (Fsp3) is 0.276. The van der Waals surface area contributed by atoms with Gasteiger partial charge in [-0.15, -0.1) is 0 Å². The molecule has 1 aliphatic rings. The van der Waals surface area contributed by atoms with Gasteiger partial charge >= 0.3 is 5.97 Å². The number of amides is 2. The molecule has 0 radical (unpaired) electrons. The van der Waals surface area contributed by atoms with Gasteiger partial charge in [0.15, 0.2) is 0 Å². The number of anilines is 1. The zero-order valence-corrected chi connectivity index (χ0v) is 21.5. The Morgan fingerprint density at radius 1 is 1.08 bits per heavy atom. The molecular weight excluding hydrogens is 468 g/mol. The van der Waals surface area contributed by atoms with E-state index in [1.54, 1.807) is 19.9 Å². The summed E-state index contributed by atoms with van der Waals surface area (Å²) in [6.45, 7) is 8.68. The van der Waals surface area contributed by atoms with Crippen LogP contribution in [0, 0.1) is 13.8 Å². The van der Waals surface area contributed by atoms with Crippen LogP contribution in [0.1, 0.15) is 59.3 Å². The number of rotatable bonds is 9. The van der Waals surface area contributed by atoms with Crippen molar-refractivity contribution in [2.24, 2.45) is 5.73 Å². The smallest absolute Gasteiger partial charge is 0.337 e. The number of primary amides is 1. The minimum Gasteiger partial charge on any atom is -0.478 e. The Labute approximate surface area is 216 Å². The van der Waals surface area contributed by atoms with E-state index in [1.165, 1.54) is 0 Å². The number of nitrogens with zero attached hydrogens (tertiary/aromatic N) is 2. The third kappa shape index (κ3) is 4.80. The maximum atomic E-state index is 13.1. The molecule has 1 aromatic heterocycles. The number of carboxylic acid groups (broad SMARTS) is 1. The zero-order chi connectivity index (χ0) is 26.9. The lowest BCUT2D eigenvalue weighted by atomic mass is 9.99. The number of hydrogen-bond donors (Lipinski definition) is 3. The summed E-state index contributed by atoms with van der Waals surface area (Å²) in [5.41, 5.74) is 11.3. The van der Waals surface area contributed by atoms with Crippen molar-refractivity contribution in [3.63, 3.8) is 0 Å². The highest BCUT2D eigenvalue weighted by Gasteiger charge is 2.31. The number of carbonyl (C=O) groups is 3. The normalized spacial score (nSPS) is 14.6. The number of hydrogen-bond acceptors (Lipinski definition) is 4. The summed E-state index contributed by atoms with van der Waals surface area (Å²) in [5.74, 6) is -1.82. The minimum absolute atomic E-state index is 0.00902. The van der Waals surface area contributed by atoms with E-state index in [4.69, 9.17) is 5.73 Å². The summed E-state index contributed by atoms with van der Waals surface area (Å²) in [5, 5.41) is 12.9. The van der Waals surface area contributed by atoms with Gasteiger partial charge in [0.2, 0.25) is 5.91 Å². The number of carbonyl (C=O) groups excluding carboxylic acids is 2. The second-order valence-electron chi connectivity index (χ2n) is 9.16. The van der Waals surface area contributed by atoms with E-state index >= 15 is 0 Å². The van der Waals surface area contributed by atoms with Crippen molar-refractivity contribution >= 4 is 35.1 Å². The van der Waals surface area contributed by atoms with E-state index in [2.05, 4.69) is 10.2 Å². The van der Waals surface area contributed by atoms with Crippen LogP contribution in [0.5, 0.6) is 0 Å². The molecule has 3 aromatic rings. The van der Waals surface area contributed by atoms with Crippen molar-refractivity contribution in [1.82, 2.24) is 9.47 Å². The predicted molar refractivity (Wildman–Crippen MR) is 145 cm³/mol. The molecule has 2 heterocycles. The molecule has 8 nitrogen and oxygen atoms in total. The van der Waals surface area contributed by atoms with Crippen molar-refractivity contribution in [3.8, 4) is 11.1 Å². The molecule has 0 saturated carbocycles. The lowest BCUT2D eigenvalue weighted by Crippen LogP contribution is -2.36. The van der Waals surface area contributed by atoms with Crippen LogP contribution >= 0.6 is 0 Å². The molecule has 2 aromatic carbocycles. The monoisotopic (exact) mass is 500 g/mol. The Bertz CT molecular complexity index is 1400. The van der Waals surface area contributed by atoms with Crippen LogP contribution < -0.4 is 11.1 Å². The van der Waals surface area contributed by atoms with Crippen LogP contribution in [0.3, 0.4) is 0 Å². The number of fused-ring (bicyclic) bond motifs is 1. The number of nitrogens with one attached hydrogen (secondary N) is 1. The molecule has 1 unspecified atom stereocenters. The fourth-order valence-corrected chi connectivity index (χ4v) is 5.25. The van der Waals surface area contributed by atoms with Crippen molar-refractivity contribution in [2.75, 3.05) is 18.4 Å². The van der Waals surface area contributed by atoms with Crippen LogP contribution in [-0.4, -0.2) is 45.4 Å². The molecule has 1 atom stereocenters. The first-order chi connectivity index (χ1) is 17.7. The van der Waals surface area contributed by atoms with E-state index in [1.807, 2.05) is 66.9 Å². The van der Waals surface area contributed by atoms with E-state index in [9.17, 15) is 19.5 Å². The molecule has 0 fully saturated rings. The number of nitrogens with two attached hydrogens (primary N) is 1. The molecule has 2 amide bonds. The van der Waals surface area contributed by atoms with Gasteiger partial charge in [0.25, 0.3) is 5.91 Å². The maximum Gasteiger partial charge on any atom is 0.337 e. The quantitative estimate of drug-likeness (QED) is 0.369. The standard InChI is InChI=1S/C29H32N4O4/c1-5-32(6-2)26(16-25(30)34)33-18(4)27(29(36)37)17(3)24(33)15-22-21-13-12-20(14-23(21)31-28(22)35)19-10-8-7-9-11-19/h7-15,26H,5-6,16H2,1-4H3,(H2,30,34)(H,31,35)(H,36,37). The Hall–Kier alpha value is -4.17. The van der Waals surface area contributed by atoms with Crippen LogP contribution in [0.2, 0.25) is 0 Å². The summed E-state index contributed by atoms with van der Waals surface area (Å²) in [6, 6.07) is 15.7. The molecular formula is C29H32N4O4. The first-order valence-electron chi connectivity index (χ1n) is 12.4. The lowest BCUT2D eigenvalue weighted by Gasteiger charge is -2.32. The van der Waals surface area contributed by atoms with Gasteiger partial charge in [-0.2, -0.15) is 0 Å². The van der Waals surface area contributed by atoms with Gasteiger partial charge in [0, 0.05) is 22.6 Å². The first-order valence-corrected chi connectivity index (χ1v) is 12.4. The zero-order valence-electron chi connectivity index (χ0n) is 21.5. The van der Waals surface area contributed by atoms with Gasteiger partial charge in [-0.3, -0.25) is 14.5 Å². The summed E-state index contributed by atoms with van der Waals surface area (Å²) in [6.07, 6.45) is 1.25. The fourth-order valence-electron chi connectivity index (χ4n) is 5.25. The van der Waals surface area contributed by atoms with E-state index in [0.717, 1.165) is 16.7 Å². The SMILES string of the molecule is CCN(CC)C(CC(N)=O)n1c(C)c(C(=O)O)c(C)c1C=C1C(=O)Nc2cc(-c3ccccc3)ccc21. The number of benzene rings is 2. The number of aromatic nitrogens is 1. The predicted octanol–water partition coefficient (Wildman–Crippen LogP) is 4.68. The molecule has 192 valence electrons. The van der Waals surface area contributed by atoms with Gasteiger partial charge in [-0.1, -0.05) is 56.3 Å². The first kappa shape index (κ1) is 25.9.